The molecule has 1 saturated heterocycles. The molecule has 0 saturated carbocycles. The highest BCUT2D eigenvalue weighted by Crippen LogP contribution is 2.13. The number of nitrogens with two attached hydrogens (primary N) is 1. The van der Waals surface area contributed by atoms with E-state index in [0.717, 1.165) is 37.3 Å². The van der Waals surface area contributed by atoms with Gasteiger partial charge in [-0.15, -0.1) is 0 Å². The van der Waals surface area contributed by atoms with Crippen molar-refractivity contribution in [2.45, 2.75) is 17.7 Å². The van der Waals surface area contributed by atoms with Gasteiger partial charge in [0.05, 0.1) is 10.6 Å². The van der Waals surface area contributed by atoms with Crippen LogP contribution >= 0.6 is 0 Å². The molecule has 18 heavy (non-hydrogen) atoms. The van der Waals surface area contributed by atoms with Crippen molar-refractivity contribution >= 4 is 21.4 Å². The van der Waals surface area contributed by atoms with Crippen LogP contribution in [0.3, 0.4) is 0 Å². The first kappa shape index (κ1) is 13.0. The summed E-state index contributed by atoms with van der Waals surface area (Å²) in [6.07, 6.45) is 1.87. The molecule has 0 unspecified atom stereocenters. The van der Waals surface area contributed by atoms with E-state index in [9.17, 15) is 8.42 Å². The van der Waals surface area contributed by atoms with Crippen LogP contribution in [-0.4, -0.2) is 27.2 Å². The number of piperidine rings is 1. The van der Waals surface area contributed by atoms with E-state index in [-0.39, 0.29) is 4.90 Å². The van der Waals surface area contributed by atoms with Crippen LogP contribution in [0.2, 0.25) is 0 Å². The maximum Gasteiger partial charge on any atom is 0.238 e. The van der Waals surface area contributed by atoms with Crippen LogP contribution in [0.5, 0.6) is 0 Å². The van der Waals surface area contributed by atoms with Crippen molar-refractivity contribution in [1.82, 2.24) is 5.32 Å². The zero-order chi connectivity index (χ0) is 13.0. The smallest absolute Gasteiger partial charge is 0.238 e. The van der Waals surface area contributed by atoms with Crippen molar-refractivity contribution in [3.8, 4) is 0 Å². The second-order valence-corrected chi connectivity index (χ2v) is 5.67. The third kappa shape index (κ3) is 3.52. The van der Waals surface area contributed by atoms with Gasteiger partial charge in [0.1, 0.15) is 0 Å². The molecule has 0 aromatic heterocycles. The minimum atomic E-state index is -3.63. The standard InChI is InChI=1S/C11H16N4O2S/c12-18(16,17)11-3-1-9(2-4-11)14-15-10-5-7-13-8-6-10/h1-4,13-14H,5-8H2,(H2,12,16,17). The summed E-state index contributed by atoms with van der Waals surface area (Å²) in [5, 5.41) is 12.6. The normalized spacial score (nSPS) is 16.4. The molecule has 2 rings (SSSR count). The van der Waals surface area contributed by atoms with Crippen LogP contribution in [0.15, 0.2) is 34.3 Å². The fraction of sp³-hybridized carbons (Fsp3) is 0.364. The minimum absolute atomic E-state index is 0.0996. The molecule has 1 fully saturated rings. The Morgan fingerprint density at radius 2 is 1.78 bits per heavy atom. The Hall–Kier alpha value is -1.44. The van der Waals surface area contributed by atoms with E-state index in [2.05, 4.69) is 15.8 Å². The van der Waals surface area contributed by atoms with Crippen LogP contribution in [0, 0.1) is 0 Å². The highest BCUT2D eigenvalue weighted by atomic mass is 32.2. The highest BCUT2D eigenvalue weighted by Gasteiger charge is 2.07. The summed E-state index contributed by atoms with van der Waals surface area (Å²) >= 11 is 0. The van der Waals surface area contributed by atoms with Crippen LogP contribution in [0.25, 0.3) is 0 Å². The number of nitrogens with zero attached hydrogens (tertiary/aromatic N) is 1. The Bertz CT molecular complexity index is 529. The average Bonchev–Trinajstić information content (AvgIpc) is 2.37. The highest BCUT2D eigenvalue weighted by molar-refractivity contribution is 7.89. The third-order valence-corrected chi connectivity index (χ3v) is 3.64. The maximum absolute atomic E-state index is 11.1. The van der Waals surface area contributed by atoms with Gasteiger partial charge in [0, 0.05) is 31.6 Å². The summed E-state index contributed by atoms with van der Waals surface area (Å²) in [4.78, 5) is 0.0996. The van der Waals surface area contributed by atoms with Gasteiger partial charge in [-0.2, -0.15) is 5.10 Å². The van der Waals surface area contributed by atoms with E-state index in [1.165, 1.54) is 12.1 Å². The summed E-state index contributed by atoms with van der Waals surface area (Å²) in [6.45, 7) is 1.90. The molecule has 6 nitrogen and oxygen atoms in total. The van der Waals surface area contributed by atoms with Crippen LogP contribution in [0.4, 0.5) is 5.69 Å². The van der Waals surface area contributed by atoms with Crippen LogP contribution in [-0.2, 0) is 10.0 Å². The van der Waals surface area contributed by atoms with Gasteiger partial charge in [-0.05, 0) is 24.3 Å². The maximum atomic E-state index is 11.1. The van der Waals surface area contributed by atoms with Gasteiger partial charge >= 0.3 is 0 Å². The van der Waals surface area contributed by atoms with Gasteiger partial charge in [0.15, 0.2) is 0 Å². The molecular weight excluding hydrogens is 252 g/mol. The summed E-state index contributed by atoms with van der Waals surface area (Å²) in [5.41, 5.74) is 4.78. The molecule has 4 N–H and O–H groups in total. The minimum Gasteiger partial charge on any atom is -0.316 e. The van der Waals surface area contributed by atoms with E-state index in [4.69, 9.17) is 5.14 Å². The fourth-order valence-electron chi connectivity index (χ4n) is 1.69. The molecule has 1 aliphatic heterocycles. The lowest BCUT2D eigenvalue weighted by Gasteiger charge is -2.14. The lowest BCUT2D eigenvalue weighted by Crippen LogP contribution is -2.28. The monoisotopic (exact) mass is 268 g/mol. The topological polar surface area (TPSA) is 96.6 Å². The molecule has 0 atom stereocenters. The second kappa shape index (κ2) is 5.47. The van der Waals surface area contributed by atoms with E-state index in [0.29, 0.717) is 0 Å². The van der Waals surface area contributed by atoms with Gasteiger partial charge in [-0.1, -0.05) is 0 Å². The summed E-state index contributed by atoms with van der Waals surface area (Å²) in [5.74, 6) is 0. The van der Waals surface area contributed by atoms with Crippen molar-refractivity contribution in [2.75, 3.05) is 18.5 Å². The second-order valence-electron chi connectivity index (χ2n) is 4.11. The zero-order valence-electron chi connectivity index (χ0n) is 9.89. The van der Waals surface area contributed by atoms with Crippen LogP contribution in [0.1, 0.15) is 12.8 Å². The van der Waals surface area contributed by atoms with Crippen molar-refractivity contribution < 1.29 is 8.42 Å². The molecule has 0 aliphatic carbocycles. The average molecular weight is 268 g/mol. The molecule has 98 valence electrons. The Kier molecular flexibility index (Phi) is 3.95. The summed E-state index contributed by atoms with van der Waals surface area (Å²) < 4.78 is 22.1. The molecule has 0 bridgehead atoms. The van der Waals surface area contributed by atoms with E-state index >= 15 is 0 Å². The first-order chi connectivity index (χ1) is 8.55. The van der Waals surface area contributed by atoms with Gasteiger partial charge < -0.3 is 5.32 Å². The SMILES string of the molecule is NS(=O)(=O)c1ccc(NN=C2CCNCC2)cc1. The van der Waals surface area contributed by atoms with Gasteiger partial charge in [0.25, 0.3) is 0 Å². The number of hydrogen-bond acceptors (Lipinski definition) is 5. The summed E-state index contributed by atoms with van der Waals surface area (Å²) in [7, 11) is -3.63. The predicted molar refractivity (Wildman–Crippen MR) is 71.0 cm³/mol. The zero-order valence-corrected chi connectivity index (χ0v) is 10.7. The number of hydrogen-bond donors (Lipinski definition) is 3. The molecule has 0 spiro atoms. The molecule has 1 aliphatic rings. The van der Waals surface area contributed by atoms with Gasteiger partial charge in [-0.25, -0.2) is 13.6 Å². The van der Waals surface area contributed by atoms with Crippen LogP contribution < -0.4 is 15.9 Å². The van der Waals surface area contributed by atoms with Crippen molar-refractivity contribution in [3.63, 3.8) is 0 Å². The third-order valence-electron chi connectivity index (χ3n) is 2.71. The number of rotatable bonds is 3. The Morgan fingerprint density at radius 3 is 2.33 bits per heavy atom. The first-order valence-electron chi connectivity index (χ1n) is 5.71. The molecule has 0 amide bonds. The largest absolute Gasteiger partial charge is 0.316 e. The van der Waals surface area contributed by atoms with E-state index < -0.39 is 10.0 Å². The number of hydrazone groups is 1. The number of primary sulfonamides is 1. The fourth-order valence-corrected chi connectivity index (χ4v) is 2.21. The van der Waals surface area contributed by atoms with E-state index in [1.54, 1.807) is 12.1 Å². The Morgan fingerprint density at radius 1 is 1.17 bits per heavy atom. The van der Waals surface area contributed by atoms with Crippen molar-refractivity contribution in [2.24, 2.45) is 10.2 Å². The number of nitrogens with one attached hydrogen (secondary N) is 2. The number of sulfonamides is 1. The number of benzene rings is 1. The van der Waals surface area contributed by atoms with Gasteiger partial charge in [-0.3, -0.25) is 5.43 Å². The lowest BCUT2D eigenvalue weighted by molar-refractivity contribution is 0.598. The number of anilines is 1. The van der Waals surface area contributed by atoms with E-state index in [1.807, 2.05) is 0 Å². The molecule has 0 radical (unpaired) electrons. The molecule has 7 heteroatoms. The van der Waals surface area contributed by atoms with Crippen molar-refractivity contribution in [3.05, 3.63) is 24.3 Å². The molecule has 1 heterocycles. The molecule has 1 aromatic carbocycles. The Balaban J connectivity index is 2.02. The lowest BCUT2D eigenvalue weighted by atomic mass is 10.1. The Labute approximate surface area is 106 Å². The molecular formula is C11H16N4O2S. The first-order valence-corrected chi connectivity index (χ1v) is 7.25. The van der Waals surface area contributed by atoms with Crippen molar-refractivity contribution in [1.29, 1.82) is 0 Å². The predicted octanol–water partition coefficient (Wildman–Crippen LogP) is 0.485. The quantitative estimate of drug-likeness (QED) is 0.695. The summed E-state index contributed by atoms with van der Waals surface area (Å²) in [6, 6.07) is 6.20. The molecule has 1 aromatic rings. The van der Waals surface area contributed by atoms with Gasteiger partial charge in [0.2, 0.25) is 10.0 Å².